The van der Waals surface area contributed by atoms with Gasteiger partial charge in [0.1, 0.15) is 17.5 Å². The average Bonchev–Trinajstić information content (AvgIpc) is 2.58. The molecule has 134 valence electrons. The molecule has 0 saturated carbocycles. The number of nitrogen functional groups attached to an aromatic ring is 1. The second-order valence-corrected chi connectivity index (χ2v) is 5.86. The van der Waals surface area contributed by atoms with Crippen molar-refractivity contribution < 1.29 is 14.3 Å². The first-order valence-corrected chi connectivity index (χ1v) is 7.79. The van der Waals surface area contributed by atoms with Crippen molar-refractivity contribution in [2.45, 2.75) is 13.0 Å². The van der Waals surface area contributed by atoms with E-state index in [4.69, 9.17) is 22.4 Å². The number of hydrogen-bond acceptors (Lipinski definition) is 5. The molecule has 0 fully saturated rings. The maximum atomic E-state index is 13.8. The van der Waals surface area contributed by atoms with Gasteiger partial charge in [-0.15, -0.1) is 0 Å². The third-order valence-electron chi connectivity index (χ3n) is 3.71. The fourth-order valence-electron chi connectivity index (χ4n) is 2.55. The van der Waals surface area contributed by atoms with Crippen LogP contribution in [0.1, 0.15) is 18.8 Å². The van der Waals surface area contributed by atoms with E-state index in [0.29, 0.717) is 0 Å². The molecule has 2 aromatic heterocycles. The minimum absolute atomic E-state index is 0.0964. The predicted molar refractivity (Wildman–Crippen MR) is 94.1 cm³/mol. The lowest BCUT2D eigenvalue weighted by Crippen LogP contribution is -2.32. The zero-order chi connectivity index (χ0) is 19.0. The van der Waals surface area contributed by atoms with Crippen LogP contribution < -0.4 is 16.6 Å². The molecular weight excluding hydrogens is 365 g/mol. The van der Waals surface area contributed by atoms with Gasteiger partial charge in [-0.05, 0) is 31.2 Å². The van der Waals surface area contributed by atoms with E-state index in [0.717, 1.165) is 10.6 Å². The molecule has 10 heteroatoms. The first-order valence-electron chi connectivity index (χ1n) is 7.41. The van der Waals surface area contributed by atoms with E-state index >= 15 is 0 Å². The Kier molecular flexibility index (Phi) is 4.47. The van der Waals surface area contributed by atoms with Crippen molar-refractivity contribution in [1.29, 1.82) is 0 Å². The quantitative estimate of drug-likeness (QED) is 0.644. The number of carboxylic acid groups (broad SMARTS) is 1. The van der Waals surface area contributed by atoms with Gasteiger partial charge in [-0.1, -0.05) is 11.6 Å². The van der Waals surface area contributed by atoms with E-state index in [1.165, 1.54) is 31.3 Å². The molecule has 0 bridgehead atoms. The predicted octanol–water partition coefficient (Wildman–Crippen LogP) is 2.48. The fraction of sp³-hybridized carbons (Fsp3) is 0.125. The second-order valence-electron chi connectivity index (χ2n) is 5.48. The molecule has 0 aliphatic carbocycles. The summed E-state index contributed by atoms with van der Waals surface area (Å²) in [6.45, 7) is 1.52. The summed E-state index contributed by atoms with van der Waals surface area (Å²) in [6, 6.07) is 4.54. The van der Waals surface area contributed by atoms with Gasteiger partial charge in [0.05, 0.1) is 33.9 Å². The molecule has 0 aliphatic heterocycles. The molecule has 4 N–H and O–H groups in total. The first kappa shape index (κ1) is 17.6. The SMILES string of the molecule is CC(NC(=O)O)c1nc2ccc(F)c(Cl)c2c(=O)n1-c1ccc(N)nc1. The van der Waals surface area contributed by atoms with Gasteiger partial charge in [0.25, 0.3) is 5.56 Å². The van der Waals surface area contributed by atoms with E-state index in [1.807, 2.05) is 0 Å². The molecule has 26 heavy (non-hydrogen) atoms. The van der Waals surface area contributed by atoms with Gasteiger partial charge in [0.2, 0.25) is 0 Å². The summed E-state index contributed by atoms with van der Waals surface area (Å²) in [6.07, 6.45) is 0.0417. The van der Waals surface area contributed by atoms with Gasteiger partial charge in [0, 0.05) is 0 Å². The Morgan fingerprint density at radius 1 is 1.38 bits per heavy atom. The molecule has 0 aliphatic rings. The van der Waals surface area contributed by atoms with Crippen molar-refractivity contribution >= 4 is 34.4 Å². The highest BCUT2D eigenvalue weighted by Crippen LogP contribution is 2.25. The molecule has 0 spiro atoms. The van der Waals surface area contributed by atoms with Gasteiger partial charge in [-0.3, -0.25) is 9.36 Å². The number of hydrogen-bond donors (Lipinski definition) is 3. The maximum Gasteiger partial charge on any atom is 0.405 e. The number of benzene rings is 1. The number of anilines is 1. The normalized spacial score (nSPS) is 12.1. The first-order chi connectivity index (χ1) is 12.3. The third-order valence-corrected chi connectivity index (χ3v) is 4.08. The maximum absolute atomic E-state index is 13.8. The number of pyridine rings is 1. The number of halogens is 2. The van der Waals surface area contributed by atoms with Gasteiger partial charge in [-0.25, -0.2) is 19.2 Å². The number of amides is 1. The summed E-state index contributed by atoms with van der Waals surface area (Å²) < 4.78 is 14.9. The molecule has 3 rings (SSSR count). The van der Waals surface area contributed by atoms with Crippen molar-refractivity contribution in [3.8, 4) is 5.69 Å². The van der Waals surface area contributed by atoms with Crippen molar-refractivity contribution in [2.24, 2.45) is 0 Å². The number of fused-ring (bicyclic) bond motifs is 1. The lowest BCUT2D eigenvalue weighted by molar-refractivity contribution is 0.190. The van der Waals surface area contributed by atoms with Gasteiger partial charge < -0.3 is 16.2 Å². The van der Waals surface area contributed by atoms with Crippen molar-refractivity contribution in [3.05, 3.63) is 57.5 Å². The van der Waals surface area contributed by atoms with E-state index in [-0.39, 0.29) is 33.3 Å². The molecule has 8 nitrogen and oxygen atoms in total. The number of nitrogens with zero attached hydrogens (tertiary/aromatic N) is 3. The third kappa shape index (κ3) is 3.04. The van der Waals surface area contributed by atoms with E-state index in [9.17, 15) is 14.0 Å². The highest BCUT2D eigenvalue weighted by atomic mass is 35.5. The van der Waals surface area contributed by atoms with Crippen LogP contribution in [-0.2, 0) is 0 Å². The fourth-order valence-corrected chi connectivity index (χ4v) is 2.79. The Morgan fingerprint density at radius 2 is 2.12 bits per heavy atom. The van der Waals surface area contributed by atoms with Crippen molar-refractivity contribution in [3.63, 3.8) is 0 Å². The molecule has 2 heterocycles. The number of carbonyl (C=O) groups is 1. The average molecular weight is 378 g/mol. The van der Waals surface area contributed by atoms with Crippen LogP contribution in [0.2, 0.25) is 5.02 Å². The number of aromatic nitrogens is 3. The van der Waals surface area contributed by atoms with Crippen LogP contribution >= 0.6 is 11.6 Å². The minimum Gasteiger partial charge on any atom is -0.465 e. The zero-order valence-electron chi connectivity index (χ0n) is 13.4. The monoisotopic (exact) mass is 377 g/mol. The Balaban J connectivity index is 2.38. The second kappa shape index (κ2) is 6.60. The Labute approximate surface area is 151 Å². The van der Waals surface area contributed by atoms with Crippen LogP contribution in [-0.4, -0.2) is 25.7 Å². The molecule has 3 aromatic rings. The topological polar surface area (TPSA) is 123 Å². The standard InChI is InChI=1S/C16H13ClFN5O3/c1-7(21-16(25)26)14-22-10-4-3-9(18)13(17)12(10)15(24)23(14)8-2-5-11(19)20-6-8/h2-7,21H,1H3,(H2,19,20)(H,25,26). The minimum atomic E-state index is -1.29. The van der Waals surface area contributed by atoms with Gasteiger partial charge >= 0.3 is 6.09 Å². The van der Waals surface area contributed by atoms with E-state index in [2.05, 4.69) is 15.3 Å². The van der Waals surface area contributed by atoms with Gasteiger partial charge in [-0.2, -0.15) is 0 Å². The molecule has 0 saturated heterocycles. The Bertz CT molecular complexity index is 1070. The molecule has 1 aromatic carbocycles. The summed E-state index contributed by atoms with van der Waals surface area (Å²) in [5.74, 6) is -0.429. The molecule has 1 atom stereocenters. The zero-order valence-corrected chi connectivity index (χ0v) is 14.2. The summed E-state index contributed by atoms with van der Waals surface area (Å²) >= 11 is 5.96. The lowest BCUT2D eigenvalue weighted by atomic mass is 10.2. The summed E-state index contributed by atoms with van der Waals surface area (Å²) in [7, 11) is 0. The van der Waals surface area contributed by atoms with Crippen LogP contribution in [0.3, 0.4) is 0 Å². The van der Waals surface area contributed by atoms with Crippen LogP contribution in [0.15, 0.2) is 35.3 Å². The molecule has 0 radical (unpaired) electrons. The molecular formula is C16H13ClFN5O3. The summed E-state index contributed by atoms with van der Waals surface area (Å²) in [5.41, 5.74) is 5.35. The van der Waals surface area contributed by atoms with Crippen LogP contribution in [0.25, 0.3) is 16.6 Å². The number of nitrogens with one attached hydrogen (secondary N) is 1. The Morgan fingerprint density at radius 3 is 2.73 bits per heavy atom. The van der Waals surface area contributed by atoms with Crippen molar-refractivity contribution in [2.75, 3.05) is 5.73 Å². The summed E-state index contributed by atoms with van der Waals surface area (Å²) in [4.78, 5) is 32.3. The Hall–Kier alpha value is -3.20. The lowest BCUT2D eigenvalue weighted by Gasteiger charge is -2.18. The smallest absolute Gasteiger partial charge is 0.405 e. The van der Waals surface area contributed by atoms with E-state index < -0.39 is 23.5 Å². The molecule has 1 amide bonds. The van der Waals surface area contributed by atoms with Crippen LogP contribution in [0.4, 0.5) is 15.0 Å². The van der Waals surface area contributed by atoms with Crippen LogP contribution in [0.5, 0.6) is 0 Å². The molecule has 1 unspecified atom stereocenters. The summed E-state index contributed by atoms with van der Waals surface area (Å²) in [5, 5.41) is 10.7. The highest BCUT2D eigenvalue weighted by molar-refractivity contribution is 6.35. The number of nitrogens with two attached hydrogens (primary N) is 1. The highest BCUT2D eigenvalue weighted by Gasteiger charge is 2.21. The largest absolute Gasteiger partial charge is 0.465 e. The van der Waals surface area contributed by atoms with Gasteiger partial charge in [0.15, 0.2) is 0 Å². The number of rotatable bonds is 3. The van der Waals surface area contributed by atoms with E-state index in [1.54, 1.807) is 0 Å². The van der Waals surface area contributed by atoms with Crippen molar-refractivity contribution in [1.82, 2.24) is 19.9 Å². The van der Waals surface area contributed by atoms with Crippen LogP contribution in [0, 0.1) is 5.82 Å².